The van der Waals surface area contributed by atoms with Crippen molar-refractivity contribution in [3.8, 4) is 6.07 Å². The van der Waals surface area contributed by atoms with E-state index in [0.29, 0.717) is 29.3 Å². The zero-order valence-electron chi connectivity index (χ0n) is 13.3. The van der Waals surface area contributed by atoms with Crippen LogP contribution >= 0.6 is 11.6 Å². The number of nitrogens with zero attached hydrogens (tertiary/aromatic N) is 1. The Morgan fingerprint density at radius 3 is 2.42 bits per heavy atom. The Kier molecular flexibility index (Phi) is 5.17. The van der Waals surface area contributed by atoms with E-state index in [4.69, 9.17) is 16.9 Å². The number of carbonyl (C=O) groups is 1. The summed E-state index contributed by atoms with van der Waals surface area (Å²) in [6, 6.07) is 17.3. The van der Waals surface area contributed by atoms with Gasteiger partial charge in [-0.15, -0.1) is 0 Å². The van der Waals surface area contributed by atoms with Crippen molar-refractivity contribution in [1.82, 2.24) is 5.32 Å². The summed E-state index contributed by atoms with van der Waals surface area (Å²) < 4.78 is 0. The molecule has 3 nitrogen and oxygen atoms in total. The Hall–Kier alpha value is -2.31. The topological polar surface area (TPSA) is 52.9 Å². The maximum atomic E-state index is 12.3. The number of aryl methyl sites for hydroxylation is 1. The fraction of sp³-hybridized carbons (Fsp3) is 0.300. The Labute approximate surface area is 147 Å². The van der Waals surface area contributed by atoms with Crippen molar-refractivity contribution in [3.05, 3.63) is 70.2 Å². The molecule has 2 aromatic carbocycles. The number of benzene rings is 2. The molecule has 1 atom stereocenters. The normalized spacial score (nSPS) is 14.7. The van der Waals surface area contributed by atoms with E-state index in [0.717, 1.165) is 24.0 Å². The molecule has 1 saturated carbocycles. The third kappa shape index (κ3) is 4.37. The second-order valence-corrected chi connectivity index (χ2v) is 6.68. The van der Waals surface area contributed by atoms with Gasteiger partial charge in [-0.2, -0.15) is 5.26 Å². The molecule has 0 bridgehead atoms. The van der Waals surface area contributed by atoms with Gasteiger partial charge >= 0.3 is 0 Å². The summed E-state index contributed by atoms with van der Waals surface area (Å²) in [5.41, 5.74) is 2.83. The average molecular weight is 339 g/mol. The largest absolute Gasteiger partial charge is 0.349 e. The predicted octanol–water partition coefficient (Wildman–Crippen LogP) is 4.41. The molecular weight excluding hydrogens is 320 g/mol. The molecule has 24 heavy (non-hydrogen) atoms. The molecule has 4 heteroatoms. The SMILES string of the molecule is N#Cc1ccc(CCC(=O)NC(c2ccc(Cl)cc2)C2CC2)cc1. The van der Waals surface area contributed by atoms with E-state index in [2.05, 4.69) is 11.4 Å². The molecule has 2 aromatic rings. The smallest absolute Gasteiger partial charge is 0.220 e. The first-order valence-corrected chi connectivity index (χ1v) is 8.57. The van der Waals surface area contributed by atoms with Crippen LogP contribution in [-0.4, -0.2) is 5.91 Å². The minimum atomic E-state index is 0.0613. The van der Waals surface area contributed by atoms with Gasteiger partial charge in [0.05, 0.1) is 17.7 Å². The molecule has 1 amide bonds. The van der Waals surface area contributed by atoms with Gasteiger partial charge in [-0.25, -0.2) is 0 Å². The van der Waals surface area contributed by atoms with Crippen molar-refractivity contribution < 1.29 is 4.79 Å². The van der Waals surface area contributed by atoms with E-state index < -0.39 is 0 Å². The Morgan fingerprint density at radius 2 is 1.83 bits per heavy atom. The van der Waals surface area contributed by atoms with Crippen molar-refractivity contribution in [2.75, 3.05) is 0 Å². The molecule has 1 aliphatic carbocycles. The van der Waals surface area contributed by atoms with E-state index >= 15 is 0 Å². The number of hydrogen-bond donors (Lipinski definition) is 1. The summed E-state index contributed by atoms with van der Waals surface area (Å²) in [5, 5.41) is 12.7. The summed E-state index contributed by atoms with van der Waals surface area (Å²) in [7, 11) is 0. The van der Waals surface area contributed by atoms with Crippen LogP contribution in [0.4, 0.5) is 0 Å². The zero-order valence-corrected chi connectivity index (χ0v) is 14.1. The van der Waals surface area contributed by atoms with Crippen LogP contribution in [0.3, 0.4) is 0 Å². The number of rotatable bonds is 6. The Balaban J connectivity index is 1.57. The van der Waals surface area contributed by atoms with Crippen LogP contribution < -0.4 is 5.32 Å². The first-order chi connectivity index (χ1) is 11.7. The molecule has 0 spiro atoms. The molecule has 3 rings (SSSR count). The van der Waals surface area contributed by atoms with Crippen LogP contribution in [0.2, 0.25) is 5.02 Å². The number of halogens is 1. The first-order valence-electron chi connectivity index (χ1n) is 8.19. The fourth-order valence-electron chi connectivity index (χ4n) is 2.82. The Bertz CT molecular complexity index is 743. The third-order valence-corrected chi connectivity index (χ3v) is 4.61. The molecule has 0 heterocycles. The van der Waals surface area contributed by atoms with Crippen LogP contribution in [-0.2, 0) is 11.2 Å². The van der Waals surface area contributed by atoms with E-state index in [9.17, 15) is 4.79 Å². The quantitative estimate of drug-likeness (QED) is 0.848. The highest BCUT2D eigenvalue weighted by Gasteiger charge is 2.33. The first kappa shape index (κ1) is 16.5. The third-order valence-electron chi connectivity index (χ3n) is 4.36. The second kappa shape index (κ2) is 7.51. The fourth-order valence-corrected chi connectivity index (χ4v) is 2.95. The summed E-state index contributed by atoms with van der Waals surface area (Å²) in [6.45, 7) is 0. The van der Waals surface area contributed by atoms with Crippen molar-refractivity contribution in [2.45, 2.75) is 31.7 Å². The molecule has 0 aliphatic heterocycles. The van der Waals surface area contributed by atoms with E-state index in [1.54, 1.807) is 12.1 Å². The lowest BCUT2D eigenvalue weighted by Crippen LogP contribution is -2.30. The van der Waals surface area contributed by atoms with Crippen LogP contribution in [0.25, 0.3) is 0 Å². The van der Waals surface area contributed by atoms with E-state index in [-0.39, 0.29) is 11.9 Å². The molecule has 0 radical (unpaired) electrons. The molecular formula is C20H19ClN2O. The molecule has 122 valence electrons. The lowest BCUT2D eigenvalue weighted by molar-refractivity contribution is -0.122. The number of hydrogen-bond acceptors (Lipinski definition) is 2. The summed E-state index contributed by atoms with van der Waals surface area (Å²) >= 11 is 5.95. The lowest BCUT2D eigenvalue weighted by atomic mass is 10.0. The standard InChI is InChI=1S/C20H19ClN2O/c21-18-10-8-17(9-11-18)20(16-6-7-16)23-19(24)12-5-14-1-3-15(13-22)4-2-14/h1-4,8-11,16,20H,5-7,12H2,(H,23,24). The van der Waals surface area contributed by atoms with Gasteiger partial charge in [0, 0.05) is 11.4 Å². The van der Waals surface area contributed by atoms with Gasteiger partial charge in [-0.05, 0) is 60.6 Å². The van der Waals surface area contributed by atoms with Crippen molar-refractivity contribution in [1.29, 1.82) is 5.26 Å². The predicted molar refractivity (Wildman–Crippen MR) is 94.5 cm³/mol. The molecule has 1 unspecified atom stereocenters. The molecule has 0 saturated heterocycles. The van der Waals surface area contributed by atoms with Crippen LogP contribution in [0, 0.1) is 17.2 Å². The van der Waals surface area contributed by atoms with Crippen molar-refractivity contribution in [3.63, 3.8) is 0 Å². The minimum absolute atomic E-state index is 0.0613. The second-order valence-electron chi connectivity index (χ2n) is 6.24. The maximum absolute atomic E-state index is 12.3. The number of nitrogens with one attached hydrogen (secondary N) is 1. The van der Waals surface area contributed by atoms with Crippen molar-refractivity contribution >= 4 is 17.5 Å². The highest BCUT2D eigenvalue weighted by atomic mass is 35.5. The lowest BCUT2D eigenvalue weighted by Gasteiger charge is -2.19. The van der Waals surface area contributed by atoms with Crippen molar-refractivity contribution in [2.24, 2.45) is 5.92 Å². The highest BCUT2D eigenvalue weighted by molar-refractivity contribution is 6.30. The van der Waals surface area contributed by atoms with Gasteiger partial charge in [-0.3, -0.25) is 4.79 Å². The molecule has 1 N–H and O–H groups in total. The number of amides is 1. The van der Waals surface area contributed by atoms with Crippen LogP contribution in [0.1, 0.15) is 42.0 Å². The van der Waals surface area contributed by atoms with Gasteiger partial charge in [0.2, 0.25) is 5.91 Å². The summed E-state index contributed by atoms with van der Waals surface area (Å²) in [5.74, 6) is 0.594. The van der Waals surface area contributed by atoms with E-state index in [1.165, 1.54) is 0 Å². The van der Waals surface area contributed by atoms with Gasteiger partial charge in [-0.1, -0.05) is 35.9 Å². The molecule has 1 aliphatic rings. The van der Waals surface area contributed by atoms with Crippen LogP contribution in [0.5, 0.6) is 0 Å². The van der Waals surface area contributed by atoms with Crippen LogP contribution in [0.15, 0.2) is 48.5 Å². The van der Waals surface area contributed by atoms with Gasteiger partial charge in [0.1, 0.15) is 0 Å². The molecule has 0 aromatic heterocycles. The average Bonchev–Trinajstić information content (AvgIpc) is 3.44. The maximum Gasteiger partial charge on any atom is 0.220 e. The summed E-state index contributed by atoms with van der Waals surface area (Å²) in [6.07, 6.45) is 3.44. The number of nitriles is 1. The zero-order chi connectivity index (χ0) is 16.9. The summed E-state index contributed by atoms with van der Waals surface area (Å²) in [4.78, 5) is 12.3. The Morgan fingerprint density at radius 1 is 1.17 bits per heavy atom. The minimum Gasteiger partial charge on any atom is -0.349 e. The molecule has 1 fully saturated rings. The van der Waals surface area contributed by atoms with Gasteiger partial charge in [0.25, 0.3) is 0 Å². The van der Waals surface area contributed by atoms with Gasteiger partial charge in [0.15, 0.2) is 0 Å². The van der Waals surface area contributed by atoms with Gasteiger partial charge < -0.3 is 5.32 Å². The highest BCUT2D eigenvalue weighted by Crippen LogP contribution is 2.41. The monoisotopic (exact) mass is 338 g/mol. The number of carbonyl (C=O) groups excluding carboxylic acids is 1. The van der Waals surface area contributed by atoms with E-state index in [1.807, 2.05) is 36.4 Å².